The van der Waals surface area contributed by atoms with E-state index >= 15 is 0 Å². The van der Waals surface area contributed by atoms with Crippen molar-refractivity contribution in [3.63, 3.8) is 0 Å². The van der Waals surface area contributed by atoms with Crippen LogP contribution in [-0.2, 0) is 16.0 Å². The van der Waals surface area contributed by atoms with E-state index in [0.717, 1.165) is 17.8 Å². The van der Waals surface area contributed by atoms with E-state index in [0.29, 0.717) is 37.2 Å². The molecule has 0 unspecified atom stereocenters. The van der Waals surface area contributed by atoms with Gasteiger partial charge >= 0.3 is 0 Å². The lowest BCUT2D eigenvalue weighted by Crippen LogP contribution is -2.48. The minimum absolute atomic E-state index is 0.0208. The zero-order valence-electron chi connectivity index (χ0n) is 20.4. The number of halogens is 1. The topological polar surface area (TPSA) is 126 Å². The van der Waals surface area contributed by atoms with Crippen molar-refractivity contribution in [3.05, 3.63) is 41.3 Å². The van der Waals surface area contributed by atoms with Crippen LogP contribution in [0.2, 0.25) is 0 Å². The maximum absolute atomic E-state index is 13.2. The number of hydrogen-bond donors (Lipinski definition) is 3. The van der Waals surface area contributed by atoms with Gasteiger partial charge < -0.3 is 16.4 Å². The van der Waals surface area contributed by atoms with E-state index in [4.69, 9.17) is 5.73 Å². The number of nitriles is 1. The first-order valence-corrected chi connectivity index (χ1v) is 12.9. The molecule has 1 heterocycles. The number of anilines is 1. The molecule has 6 rings (SSSR count). The van der Waals surface area contributed by atoms with Crippen LogP contribution in [0.15, 0.2) is 24.3 Å². The molecule has 4 aliphatic rings. The highest BCUT2D eigenvalue weighted by Gasteiger charge is 2.51. The predicted molar refractivity (Wildman–Crippen MR) is 132 cm³/mol. The molecule has 1 aromatic carbocycles. The number of aromatic nitrogens is 2. The van der Waals surface area contributed by atoms with Crippen molar-refractivity contribution < 1.29 is 14.0 Å². The first-order chi connectivity index (χ1) is 17.3. The summed E-state index contributed by atoms with van der Waals surface area (Å²) >= 11 is 0. The number of hydrogen-bond acceptors (Lipinski definition) is 5. The molecular formula is C27H33FN6O2. The molecule has 4 N–H and O–H groups in total. The fourth-order valence-electron chi connectivity index (χ4n) is 7.19. The number of amides is 2. The Hall–Kier alpha value is -3.41. The minimum atomic E-state index is -0.370. The summed E-state index contributed by atoms with van der Waals surface area (Å²) < 4.78 is 14.6. The van der Waals surface area contributed by atoms with Gasteiger partial charge in [0.15, 0.2) is 0 Å². The van der Waals surface area contributed by atoms with Crippen LogP contribution in [0.25, 0.3) is 5.69 Å². The van der Waals surface area contributed by atoms with Gasteiger partial charge in [-0.1, -0.05) is 0 Å². The van der Waals surface area contributed by atoms with Crippen LogP contribution in [0.5, 0.6) is 0 Å². The van der Waals surface area contributed by atoms with Crippen molar-refractivity contribution >= 4 is 17.6 Å². The molecule has 4 bridgehead atoms. The normalized spacial score (nSPS) is 25.9. The van der Waals surface area contributed by atoms with Gasteiger partial charge in [-0.05, 0) is 98.8 Å². The molecule has 9 heteroatoms. The number of nitrogens with one attached hydrogen (secondary N) is 2. The molecule has 36 heavy (non-hydrogen) atoms. The molecule has 0 saturated heterocycles. The van der Waals surface area contributed by atoms with Gasteiger partial charge in [0, 0.05) is 13.0 Å². The molecule has 1 aromatic heterocycles. The SMILES string of the molecule is N#Cc1c(CCCNC(=O)CNC(=O)CC23CC4CC(CC(C4)C2)C3)nn(-c2ccc(F)cc2)c1N. The van der Waals surface area contributed by atoms with Gasteiger partial charge in [0.25, 0.3) is 0 Å². The summed E-state index contributed by atoms with van der Waals surface area (Å²) in [7, 11) is 0. The fraction of sp³-hybridized carbons (Fsp3) is 0.556. The summed E-state index contributed by atoms with van der Waals surface area (Å²) in [4.78, 5) is 24.9. The molecule has 0 radical (unpaired) electrons. The summed E-state index contributed by atoms with van der Waals surface area (Å²) in [5.74, 6) is 1.97. The van der Waals surface area contributed by atoms with Crippen molar-refractivity contribution in [2.75, 3.05) is 18.8 Å². The van der Waals surface area contributed by atoms with Crippen LogP contribution >= 0.6 is 0 Å². The van der Waals surface area contributed by atoms with Crippen molar-refractivity contribution in [2.45, 2.75) is 57.8 Å². The third-order valence-corrected chi connectivity index (χ3v) is 8.24. The maximum atomic E-state index is 13.2. The average Bonchev–Trinajstić information content (AvgIpc) is 3.15. The van der Waals surface area contributed by atoms with Crippen molar-refractivity contribution in [1.82, 2.24) is 20.4 Å². The van der Waals surface area contributed by atoms with Crippen LogP contribution < -0.4 is 16.4 Å². The first-order valence-electron chi connectivity index (χ1n) is 12.9. The third-order valence-electron chi connectivity index (χ3n) is 8.24. The maximum Gasteiger partial charge on any atom is 0.239 e. The number of carbonyl (C=O) groups excluding carboxylic acids is 2. The van der Waals surface area contributed by atoms with Crippen LogP contribution in [0.1, 0.15) is 62.6 Å². The van der Waals surface area contributed by atoms with Gasteiger partial charge in [-0.2, -0.15) is 10.4 Å². The highest BCUT2D eigenvalue weighted by molar-refractivity contribution is 5.84. The van der Waals surface area contributed by atoms with Gasteiger partial charge in [-0.25, -0.2) is 9.07 Å². The Morgan fingerprint density at radius 2 is 1.72 bits per heavy atom. The molecule has 2 amide bonds. The smallest absolute Gasteiger partial charge is 0.239 e. The summed E-state index contributed by atoms with van der Waals surface area (Å²) in [6.45, 7) is 0.360. The van der Waals surface area contributed by atoms with E-state index < -0.39 is 0 Å². The number of nitrogens with two attached hydrogens (primary N) is 1. The molecule has 2 aromatic rings. The Bertz CT molecular complexity index is 1150. The van der Waals surface area contributed by atoms with Crippen molar-refractivity contribution in [1.29, 1.82) is 5.26 Å². The number of nitrogen functional groups attached to an aromatic ring is 1. The zero-order chi connectivity index (χ0) is 25.3. The summed E-state index contributed by atoms with van der Waals surface area (Å²) in [6.07, 6.45) is 9.09. The van der Waals surface area contributed by atoms with E-state index in [2.05, 4.69) is 21.8 Å². The van der Waals surface area contributed by atoms with Gasteiger partial charge in [0.05, 0.1) is 17.9 Å². The van der Waals surface area contributed by atoms with Crippen molar-refractivity contribution in [3.8, 4) is 11.8 Å². The lowest BCUT2D eigenvalue weighted by molar-refractivity contribution is -0.131. The Morgan fingerprint density at radius 1 is 1.08 bits per heavy atom. The minimum Gasteiger partial charge on any atom is -0.382 e. The molecule has 0 aliphatic heterocycles. The monoisotopic (exact) mass is 492 g/mol. The van der Waals surface area contributed by atoms with Gasteiger partial charge in [-0.3, -0.25) is 9.59 Å². The largest absolute Gasteiger partial charge is 0.382 e. The Balaban J connectivity index is 1.06. The number of benzene rings is 1. The highest BCUT2D eigenvalue weighted by atomic mass is 19.1. The predicted octanol–water partition coefficient (Wildman–Crippen LogP) is 3.24. The first kappa shape index (κ1) is 24.3. The Kier molecular flexibility index (Phi) is 6.69. The quantitative estimate of drug-likeness (QED) is 0.464. The molecule has 4 aliphatic carbocycles. The number of aryl methyl sites for hydroxylation is 1. The van der Waals surface area contributed by atoms with E-state index in [1.807, 2.05) is 0 Å². The number of carbonyl (C=O) groups is 2. The lowest BCUT2D eigenvalue weighted by Gasteiger charge is -2.56. The van der Waals surface area contributed by atoms with Crippen LogP contribution in [0, 0.1) is 40.3 Å². The van der Waals surface area contributed by atoms with Crippen molar-refractivity contribution in [2.24, 2.45) is 23.2 Å². The van der Waals surface area contributed by atoms with E-state index in [1.165, 1.54) is 55.3 Å². The molecule has 8 nitrogen and oxygen atoms in total. The van der Waals surface area contributed by atoms with Crippen LogP contribution in [0.3, 0.4) is 0 Å². The second-order valence-corrected chi connectivity index (χ2v) is 11.0. The van der Waals surface area contributed by atoms with Crippen LogP contribution in [0.4, 0.5) is 10.2 Å². The third kappa shape index (κ3) is 5.08. The van der Waals surface area contributed by atoms with E-state index in [1.54, 1.807) is 12.1 Å². The second-order valence-electron chi connectivity index (χ2n) is 11.0. The van der Waals surface area contributed by atoms with E-state index in [-0.39, 0.29) is 41.0 Å². The molecule has 4 saturated carbocycles. The van der Waals surface area contributed by atoms with Crippen LogP contribution in [-0.4, -0.2) is 34.7 Å². The summed E-state index contributed by atoms with van der Waals surface area (Å²) in [5.41, 5.74) is 7.62. The highest BCUT2D eigenvalue weighted by Crippen LogP contribution is 2.61. The molecule has 190 valence electrons. The van der Waals surface area contributed by atoms with Gasteiger partial charge in [0.1, 0.15) is 23.3 Å². The standard InChI is InChI=1S/C27H33FN6O2/c28-20-3-5-21(6-4-20)34-26(30)22(15-29)23(33-34)2-1-7-31-25(36)16-32-24(35)14-27-11-17-8-18(12-27)10-19(9-17)13-27/h3-6,17-19H,1-2,7-14,16,30H2,(H,31,36)(H,32,35). The zero-order valence-corrected chi connectivity index (χ0v) is 20.4. The van der Waals surface area contributed by atoms with E-state index in [9.17, 15) is 19.2 Å². The molecule has 4 fully saturated rings. The number of nitrogens with zero attached hydrogens (tertiary/aromatic N) is 3. The molecule has 0 spiro atoms. The lowest BCUT2D eigenvalue weighted by atomic mass is 9.49. The Morgan fingerprint density at radius 3 is 2.33 bits per heavy atom. The second kappa shape index (κ2) is 9.92. The fourth-order valence-corrected chi connectivity index (χ4v) is 7.19. The average molecular weight is 493 g/mol. The summed E-state index contributed by atoms with van der Waals surface area (Å²) in [5, 5.41) is 19.6. The summed E-state index contributed by atoms with van der Waals surface area (Å²) in [6, 6.07) is 7.78. The Labute approximate surface area is 210 Å². The van der Waals surface area contributed by atoms with Gasteiger partial charge in [0.2, 0.25) is 11.8 Å². The van der Waals surface area contributed by atoms with Gasteiger partial charge in [-0.15, -0.1) is 0 Å². The molecule has 0 atom stereocenters. The number of rotatable bonds is 9. The molecular weight excluding hydrogens is 459 g/mol.